The Morgan fingerprint density at radius 3 is 2.50 bits per heavy atom. The first-order valence-electron chi connectivity index (χ1n) is 5.93. The van der Waals surface area contributed by atoms with Crippen LogP contribution in [0.4, 0.5) is 0 Å². The van der Waals surface area contributed by atoms with Gasteiger partial charge in [-0.25, -0.2) is 12.7 Å². The number of hydrogen-bond donors (Lipinski definition) is 0. The maximum absolute atomic E-state index is 12.4. The van der Waals surface area contributed by atoms with Gasteiger partial charge in [0.25, 0.3) is 0 Å². The van der Waals surface area contributed by atoms with Crippen LogP contribution in [0, 0.1) is 13.8 Å². The van der Waals surface area contributed by atoms with E-state index in [0.29, 0.717) is 16.3 Å². The number of sulfonamides is 1. The molecule has 1 unspecified atom stereocenters. The van der Waals surface area contributed by atoms with Gasteiger partial charge in [0.15, 0.2) is 0 Å². The molecule has 0 bridgehead atoms. The summed E-state index contributed by atoms with van der Waals surface area (Å²) >= 11 is 3.43. The fraction of sp³-hybridized carbons (Fsp3) is 0.538. The van der Waals surface area contributed by atoms with Gasteiger partial charge in [0.1, 0.15) is 0 Å². The molecule has 18 heavy (non-hydrogen) atoms. The number of nitrogens with zero attached hydrogens (tertiary/aromatic N) is 1. The zero-order chi connectivity index (χ0) is 13.9. The Labute approximate surface area is 118 Å². The molecule has 1 rings (SSSR count). The molecule has 0 N–H and O–H groups in total. The summed E-state index contributed by atoms with van der Waals surface area (Å²) in [5.41, 5.74) is 1.75. The fourth-order valence-corrected chi connectivity index (χ4v) is 3.33. The lowest BCUT2D eigenvalue weighted by Crippen LogP contribution is -2.29. The highest BCUT2D eigenvalue weighted by Crippen LogP contribution is 2.21. The summed E-state index contributed by atoms with van der Waals surface area (Å²) in [6.45, 7) is 6.26. The van der Waals surface area contributed by atoms with E-state index in [-0.39, 0.29) is 0 Å². The minimum absolute atomic E-state index is 0.314. The molecule has 3 nitrogen and oxygen atoms in total. The largest absolute Gasteiger partial charge is 0.243 e. The van der Waals surface area contributed by atoms with Crippen molar-refractivity contribution in [3.8, 4) is 0 Å². The van der Waals surface area contributed by atoms with Crippen molar-refractivity contribution < 1.29 is 8.42 Å². The number of hydrogen-bond acceptors (Lipinski definition) is 2. The Hall–Kier alpha value is -0.390. The van der Waals surface area contributed by atoms with E-state index in [4.69, 9.17) is 0 Å². The zero-order valence-corrected chi connectivity index (χ0v) is 13.7. The Balaban J connectivity index is 3.02. The van der Waals surface area contributed by atoms with Crippen molar-refractivity contribution in [2.75, 3.05) is 13.6 Å². The average molecular weight is 334 g/mol. The van der Waals surface area contributed by atoms with Crippen LogP contribution in [0.3, 0.4) is 0 Å². The SMILES string of the molecule is Cc1ccc(C)c(S(=O)(=O)N(C)CCC(C)Br)c1. The molecule has 1 atom stereocenters. The Bertz CT molecular complexity index is 512. The van der Waals surface area contributed by atoms with E-state index in [0.717, 1.165) is 17.5 Å². The molecule has 0 fully saturated rings. The van der Waals surface area contributed by atoms with Gasteiger partial charge in [-0.15, -0.1) is 0 Å². The van der Waals surface area contributed by atoms with Gasteiger partial charge in [-0.1, -0.05) is 35.0 Å². The van der Waals surface area contributed by atoms with Crippen LogP contribution in [-0.2, 0) is 10.0 Å². The first kappa shape index (κ1) is 15.7. The van der Waals surface area contributed by atoms with Crippen LogP contribution in [0.15, 0.2) is 23.1 Å². The Morgan fingerprint density at radius 2 is 1.94 bits per heavy atom. The third kappa shape index (κ3) is 3.80. The summed E-state index contributed by atoms with van der Waals surface area (Å²) in [4.78, 5) is 0.723. The molecule has 0 saturated heterocycles. The van der Waals surface area contributed by atoms with E-state index in [1.165, 1.54) is 4.31 Å². The molecule has 1 aromatic rings. The van der Waals surface area contributed by atoms with E-state index < -0.39 is 10.0 Å². The van der Waals surface area contributed by atoms with Crippen molar-refractivity contribution in [3.63, 3.8) is 0 Å². The molecule has 5 heteroatoms. The number of aryl methyl sites for hydroxylation is 2. The van der Waals surface area contributed by atoms with Crippen LogP contribution in [0.1, 0.15) is 24.5 Å². The van der Waals surface area contributed by atoms with Crippen LogP contribution < -0.4 is 0 Å². The van der Waals surface area contributed by atoms with E-state index in [1.807, 2.05) is 32.9 Å². The van der Waals surface area contributed by atoms with Crippen LogP contribution in [-0.4, -0.2) is 31.1 Å². The van der Waals surface area contributed by atoms with Gasteiger partial charge in [-0.05, 0) is 37.5 Å². The summed E-state index contributed by atoms with van der Waals surface area (Å²) in [7, 11) is -1.74. The standard InChI is InChI=1S/C13H20BrNO2S/c1-10-5-6-11(2)13(9-10)18(16,17)15(4)8-7-12(3)14/h5-6,9,12H,7-8H2,1-4H3. The molecule has 0 radical (unpaired) electrons. The smallest absolute Gasteiger partial charge is 0.207 e. The van der Waals surface area contributed by atoms with Crippen LogP contribution in [0.25, 0.3) is 0 Å². The molecule has 0 amide bonds. The molecule has 0 aliphatic carbocycles. The lowest BCUT2D eigenvalue weighted by atomic mass is 10.2. The van der Waals surface area contributed by atoms with E-state index >= 15 is 0 Å². The molecule has 0 saturated carbocycles. The summed E-state index contributed by atoms with van der Waals surface area (Å²) in [6, 6.07) is 5.51. The first-order valence-corrected chi connectivity index (χ1v) is 8.28. The zero-order valence-electron chi connectivity index (χ0n) is 11.3. The minimum Gasteiger partial charge on any atom is -0.207 e. The maximum Gasteiger partial charge on any atom is 0.243 e. The van der Waals surface area contributed by atoms with Crippen molar-refractivity contribution in [3.05, 3.63) is 29.3 Å². The van der Waals surface area contributed by atoms with E-state index in [1.54, 1.807) is 13.1 Å². The van der Waals surface area contributed by atoms with Crippen LogP contribution in [0.5, 0.6) is 0 Å². The molecule has 0 aliphatic rings. The molecular weight excluding hydrogens is 314 g/mol. The predicted molar refractivity (Wildman–Crippen MR) is 78.7 cm³/mol. The third-order valence-electron chi connectivity index (χ3n) is 2.87. The van der Waals surface area contributed by atoms with Crippen molar-refractivity contribution in [1.29, 1.82) is 0 Å². The summed E-state index contributed by atoms with van der Waals surface area (Å²) < 4.78 is 26.3. The van der Waals surface area contributed by atoms with Gasteiger partial charge < -0.3 is 0 Å². The highest BCUT2D eigenvalue weighted by molar-refractivity contribution is 9.09. The lowest BCUT2D eigenvalue weighted by molar-refractivity contribution is 0.461. The molecule has 0 aromatic heterocycles. The topological polar surface area (TPSA) is 37.4 Å². The minimum atomic E-state index is -3.38. The van der Waals surface area contributed by atoms with Crippen molar-refractivity contribution >= 4 is 26.0 Å². The van der Waals surface area contributed by atoms with Gasteiger partial charge in [-0.2, -0.15) is 0 Å². The Kier molecular flexibility index (Phi) is 5.37. The van der Waals surface area contributed by atoms with Gasteiger partial charge in [-0.3, -0.25) is 0 Å². The van der Waals surface area contributed by atoms with Gasteiger partial charge in [0, 0.05) is 18.4 Å². The Morgan fingerprint density at radius 1 is 1.33 bits per heavy atom. The van der Waals surface area contributed by atoms with Crippen LogP contribution >= 0.6 is 15.9 Å². The number of rotatable bonds is 5. The van der Waals surface area contributed by atoms with Gasteiger partial charge in [0.05, 0.1) is 4.90 Å². The normalized spacial score (nSPS) is 13.9. The van der Waals surface area contributed by atoms with Gasteiger partial charge >= 0.3 is 0 Å². The second-order valence-corrected chi connectivity index (χ2v) is 8.24. The molecule has 0 spiro atoms. The summed E-state index contributed by atoms with van der Waals surface area (Å²) in [6.07, 6.45) is 0.792. The number of alkyl halides is 1. The quantitative estimate of drug-likeness (QED) is 0.776. The first-order chi connectivity index (χ1) is 8.25. The number of benzene rings is 1. The molecule has 102 valence electrons. The highest BCUT2D eigenvalue weighted by atomic mass is 79.9. The van der Waals surface area contributed by atoms with E-state index in [9.17, 15) is 8.42 Å². The summed E-state index contributed by atoms with van der Waals surface area (Å²) in [5.74, 6) is 0. The maximum atomic E-state index is 12.4. The second-order valence-electron chi connectivity index (χ2n) is 4.66. The average Bonchev–Trinajstić information content (AvgIpc) is 2.28. The second kappa shape index (κ2) is 6.17. The fourth-order valence-electron chi connectivity index (χ4n) is 1.63. The van der Waals surface area contributed by atoms with Crippen molar-refractivity contribution in [2.24, 2.45) is 0 Å². The molecule has 1 aromatic carbocycles. The molecule has 0 aliphatic heterocycles. The lowest BCUT2D eigenvalue weighted by Gasteiger charge is -2.19. The van der Waals surface area contributed by atoms with Crippen LogP contribution in [0.2, 0.25) is 0 Å². The van der Waals surface area contributed by atoms with E-state index in [2.05, 4.69) is 15.9 Å². The van der Waals surface area contributed by atoms with Crippen molar-refractivity contribution in [1.82, 2.24) is 4.31 Å². The predicted octanol–water partition coefficient (Wildman–Crippen LogP) is 3.10. The molecule has 0 heterocycles. The van der Waals surface area contributed by atoms with Gasteiger partial charge in [0.2, 0.25) is 10.0 Å². The highest BCUT2D eigenvalue weighted by Gasteiger charge is 2.22. The number of halogens is 1. The monoisotopic (exact) mass is 333 g/mol. The summed E-state index contributed by atoms with van der Waals surface area (Å²) in [5, 5.41) is 0. The third-order valence-corrected chi connectivity index (χ3v) is 5.33. The van der Waals surface area contributed by atoms with Crippen molar-refractivity contribution in [2.45, 2.75) is 36.9 Å². The molecular formula is C13H20BrNO2S.